The van der Waals surface area contributed by atoms with Crippen molar-refractivity contribution in [1.82, 2.24) is 24.4 Å². The monoisotopic (exact) mass is 409 g/mol. The summed E-state index contributed by atoms with van der Waals surface area (Å²) in [5.74, 6) is 1.28. The van der Waals surface area contributed by atoms with Gasteiger partial charge in [-0.15, -0.1) is 0 Å². The van der Waals surface area contributed by atoms with Crippen molar-refractivity contribution in [2.75, 3.05) is 36.9 Å². The van der Waals surface area contributed by atoms with Crippen LogP contribution in [0.1, 0.15) is 38.3 Å². The van der Waals surface area contributed by atoms with Gasteiger partial charge in [0.25, 0.3) is 0 Å². The highest BCUT2D eigenvalue weighted by atomic mass is 16.3. The molecule has 8 nitrogen and oxygen atoms in total. The highest BCUT2D eigenvalue weighted by molar-refractivity contribution is 5.84. The zero-order valence-corrected chi connectivity index (χ0v) is 17.8. The number of aliphatic hydroxyl groups excluding tert-OH is 1. The van der Waals surface area contributed by atoms with Crippen molar-refractivity contribution in [3.05, 3.63) is 42.2 Å². The van der Waals surface area contributed by atoms with Crippen LogP contribution in [0.4, 0.5) is 11.8 Å². The summed E-state index contributed by atoms with van der Waals surface area (Å²) < 4.78 is 2.05. The molecule has 0 spiro atoms. The van der Waals surface area contributed by atoms with Gasteiger partial charge in [-0.2, -0.15) is 9.97 Å². The fourth-order valence-corrected chi connectivity index (χ4v) is 3.92. The maximum Gasteiger partial charge on any atom is 0.227 e. The van der Waals surface area contributed by atoms with Crippen LogP contribution in [0.2, 0.25) is 0 Å². The Labute approximate surface area is 177 Å². The van der Waals surface area contributed by atoms with E-state index in [4.69, 9.17) is 4.98 Å². The van der Waals surface area contributed by atoms with E-state index in [1.165, 1.54) is 5.56 Å². The van der Waals surface area contributed by atoms with Crippen molar-refractivity contribution in [3.63, 3.8) is 0 Å². The maximum absolute atomic E-state index is 9.20. The molecule has 30 heavy (non-hydrogen) atoms. The summed E-state index contributed by atoms with van der Waals surface area (Å²) >= 11 is 0. The van der Waals surface area contributed by atoms with Crippen LogP contribution in [-0.2, 0) is 6.54 Å². The Balaban J connectivity index is 1.45. The number of likely N-dealkylation sites (tertiary alicyclic amines) is 1. The van der Waals surface area contributed by atoms with Gasteiger partial charge in [0.1, 0.15) is 0 Å². The van der Waals surface area contributed by atoms with Gasteiger partial charge in [0.15, 0.2) is 17.0 Å². The molecule has 1 aromatic carbocycles. The minimum absolute atomic E-state index is 0.0407. The molecule has 3 N–H and O–H groups in total. The molecule has 1 fully saturated rings. The van der Waals surface area contributed by atoms with Crippen LogP contribution < -0.4 is 10.6 Å². The van der Waals surface area contributed by atoms with Gasteiger partial charge in [-0.25, -0.2) is 4.98 Å². The third kappa shape index (κ3) is 4.71. The summed E-state index contributed by atoms with van der Waals surface area (Å²) in [5, 5.41) is 15.9. The number of aromatic nitrogens is 4. The molecule has 3 heterocycles. The summed E-state index contributed by atoms with van der Waals surface area (Å²) in [5.41, 5.74) is 2.91. The van der Waals surface area contributed by atoms with Gasteiger partial charge >= 0.3 is 0 Å². The van der Waals surface area contributed by atoms with Crippen LogP contribution in [0.15, 0.2) is 36.7 Å². The predicted molar refractivity (Wildman–Crippen MR) is 120 cm³/mol. The molecule has 0 aliphatic carbocycles. The Kier molecular flexibility index (Phi) is 6.44. The first kappa shape index (κ1) is 20.6. The van der Waals surface area contributed by atoms with Crippen LogP contribution in [0.25, 0.3) is 11.2 Å². The number of rotatable bonds is 8. The molecule has 2 aromatic heterocycles. The van der Waals surface area contributed by atoms with E-state index in [2.05, 4.69) is 74.2 Å². The number of nitrogens with one attached hydrogen (secondary N) is 2. The van der Waals surface area contributed by atoms with Crippen molar-refractivity contribution in [3.8, 4) is 0 Å². The largest absolute Gasteiger partial charge is 0.395 e. The van der Waals surface area contributed by atoms with E-state index >= 15 is 0 Å². The average Bonchev–Trinajstić information content (AvgIpc) is 3.19. The van der Waals surface area contributed by atoms with Crippen molar-refractivity contribution < 1.29 is 5.11 Å². The van der Waals surface area contributed by atoms with Crippen molar-refractivity contribution in [2.45, 2.75) is 45.3 Å². The van der Waals surface area contributed by atoms with Gasteiger partial charge < -0.3 is 20.3 Å². The van der Waals surface area contributed by atoms with Crippen LogP contribution in [0.3, 0.4) is 0 Å². The normalized spacial score (nSPS) is 15.7. The second-order valence-corrected chi connectivity index (χ2v) is 8.14. The molecule has 0 unspecified atom stereocenters. The number of hydrogen-bond acceptors (Lipinski definition) is 7. The molecular weight excluding hydrogens is 378 g/mol. The number of piperidine rings is 1. The van der Waals surface area contributed by atoms with Gasteiger partial charge in [-0.3, -0.25) is 4.90 Å². The fourth-order valence-electron chi connectivity index (χ4n) is 3.92. The quantitative estimate of drug-likeness (QED) is 0.527. The van der Waals surface area contributed by atoms with E-state index in [9.17, 15) is 5.11 Å². The van der Waals surface area contributed by atoms with E-state index in [0.29, 0.717) is 24.4 Å². The zero-order valence-electron chi connectivity index (χ0n) is 17.8. The van der Waals surface area contributed by atoms with Crippen molar-refractivity contribution in [2.24, 2.45) is 0 Å². The highest BCUT2D eigenvalue weighted by Gasteiger charge is 2.21. The summed E-state index contributed by atoms with van der Waals surface area (Å²) in [7, 11) is 0. The second-order valence-electron chi connectivity index (χ2n) is 8.14. The topological polar surface area (TPSA) is 91.1 Å². The number of anilines is 2. The lowest BCUT2D eigenvalue weighted by atomic mass is 10.0. The number of fused-ring (bicyclic) bond motifs is 1. The lowest BCUT2D eigenvalue weighted by Crippen LogP contribution is -2.39. The van der Waals surface area contributed by atoms with E-state index in [1.54, 1.807) is 6.33 Å². The fraction of sp³-hybridized carbons (Fsp3) is 0.500. The van der Waals surface area contributed by atoms with Crippen LogP contribution >= 0.6 is 0 Å². The molecule has 0 bridgehead atoms. The molecule has 0 saturated carbocycles. The molecule has 8 heteroatoms. The van der Waals surface area contributed by atoms with Crippen LogP contribution in [-0.4, -0.2) is 61.8 Å². The Bertz CT molecular complexity index is 949. The average molecular weight is 410 g/mol. The smallest absolute Gasteiger partial charge is 0.227 e. The highest BCUT2D eigenvalue weighted by Crippen LogP contribution is 2.24. The molecule has 1 aliphatic heterocycles. The van der Waals surface area contributed by atoms with Crippen LogP contribution in [0, 0.1) is 0 Å². The minimum Gasteiger partial charge on any atom is -0.395 e. The Hall–Kier alpha value is -2.71. The predicted octanol–water partition coefficient (Wildman–Crippen LogP) is 2.89. The van der Waals surface area contributed by atoms with Crippen molar-refractivity contribution >= 4 is 22.9 Å². The molecular formula is C22H31N7O. The number of benzene rings is 1. The summed E-state index contributed by atoms with van der Waals surface area (Å²) in [6.07, 6.45) is 3.91. The molecule has 0 radical (unpaired) electrons. The molecule has 1 saturated heterocycles. The molecule has 4 rings (SSSR count). The standard InChI is InChI=1S/C22H31N7O/c1-16(2)29-15-24-19-20(23-10-13-30)26-22(27-21(19)29)25-18-8-11-28(12-9-18)14-17-6-4-3-5-7-17/h3-7,15-16,18,30H,8-14H2,1-2H3,(H2,23,25,26,27). The van der Waals surface area contributed by atoms with Crippen molar-refractivity contribution in [1.29, 1.82) is 0 Å². The Morgan fingerprint density at radius 2 is 1.90 bits per heavy atom. The van der Waals surface area contributed by atoms with Gasteiger partial charge in [-0.05, 0) is 32.3 Å². The SMILES string of the molecule is CC(C)n1cnc2c(NCCO)nc(NC3CCN(Cc4ccccc4)CC3)nc21. The zero-order chi connectivity index (χ0) is 20.9. The van der Waals surface area contributed by atoms with Gasteiger partial charge in [0, 0.05) is 38.3 Å². The van der Waals surface area contributed by atoms with E-state index in [-0.39, 0.29) is 12.6 Å². The lowest BCUT2D eigenvalue weighted by molar-refractivity contribution is 0.211. The minimum atomic E-state index is 0.0407. The number of aliphatic hydroxyl groups is 1. The Morgan fingerprint density at radius 1 is 1.13 bits per heavy atom. The number of imidazole rings is 1. The van der Waals surface area contributed by atoms with E-state index < -0.39 is 0 Å². The molecule has 0 atom stereocenters. The lowest BCUT2D eigenvalue weighted by Gasteiger charge is -2.32. The van der Waals surface area contributed by atoms with Gasteiger partial charge in [0.2, 0.25) is 5.95 Å². The Morgan fingerprint density at radius 3 is 2.60 bits per heavy atom. The molecule has 1 aliphatic rings. The third-order valence-electron chi connectivity index (χ3n) is 5.55. The first-order valence-corrected chi connectivity index (χ1v) is 10.8. The van der Waals surface area contributed by atoms with E-state index in [1.807, 2.05) is 0 Å². The number of hydrogen-bond donors (Lipinski definition) is 3. The van der Waals surface area contributed by atoms with Gasteiger partial charge in [-0.1, -0.05) is 30.3 Å². The molecule has 0 amide bonds. The summed E-state index contributed by atoms with van der Waals surface area (Å²) in [6.45, 7) is 7.79. The molecule has 160 valence electrons. The first-order chi connectivity index (χ1) is 14.6. The van der Waals surface area contributed by atoms with E-state index in [0.717, 1.165) is 43.6 Å². The third-order valence-corrected chi connectivity index (χ3v) is 5.55. The van der Waals surface area contributed by atoms with Gasteiger partial charge in [0.05, 0.1) is 12.9 Å². The first-order valence-electron chi connectivity index (χ1n) is 10.8. The molecule has 3 aromatic rings. The van der Waals surface area contributed by atoms with Crippen LogP contribution in [0.5, 0.6) is 0 Å². The maximum atomic E-state index is 9.20. The second kappa shape index (κ2) is 9.40. The number of nitrogens with zero attached hydrogens (tertiary/aromatic N) is 5. The summed E-state index contributed by atoms with van der Waals surface area (Å²) in [6, 6.07) is 11.2. The summed E-state index contributed by atoms with van der Waals surface area (Å²) in [4.78, 5) is 16.4.